The van der Waals surface area contributed by atoms with Gasteiger partial charge in [-0.15, -0.1) is 0 Å². The number of aromatic nitrogens is 1. The number of nitrogens with zero attached hydrogens (tertiary/aromatic N) is 1. The largest absolute Gasteiger partial charge is 0.495 e. The Morgan fingerprint density at radius 1 is 0.842 bits per heavy atom. The van der Waals surface area contributed by atoms with E-state index in [4.69, 9.17) is 62.7 Å². The number of benzene rings is 1. The van der Waals surface area contributed by atoms with Crippen molar-refractivity contribution < 1.29 is 4.74 Å². The minimum atomic E-state index is 0.123. The van der Waals surface area contributed by atoms with E-state index in [1.165, 1.54) is 7.11 Å². The minimum Gasteiger partial charge on any atom is -0.495 e. The first kappa shape index (κ1) is 15.0. The molecule has 0 spiro atoms. The van der Waals surface area contributed by atoms with E-state index >= 15 is 0 Å². The third-order valence-corrected chi connectivity index (χ3v) is 4.72. The van der Waals surface area contributed by atoms with Gasteiger partial charge in [-0.05, 0) is 6.07 Å². The summed E-state index contributed by atoms with van der Waals surface area (Å²) in [4.78, 5) is 4.03. The predicted octanol–water partition coefficient (Wildman–Crippen LogP) is 6.02. The van der Waals surface area contributed by atoms with E-state index in [9.17, 15) is 0 Å². The highest BCUT2D eigenvalue weighted by Gasteiger charge is 2.20. The Morgan fingerprint density at radius 2 is 1.37 bits per heavy atom. The highest BCUT2D eigenvalue weighted by Crippen LogP contribution is 2.48. The topological polar surface area (TPSA) is 22.1 Å². The van der Waals surface area contributed by atoms with Crippen molar-refractivity contribution in [1.82, 2.24) is 4.98 Å². The second kappa shape index (κ2) is 5.94. The molecular formula is C12H6Cl5NO. The number of hydrogen-bond donors (Lipinski definition) is 0. The van der Waals surface area contributed by atoms with Crippen LogP contribution in [0, 0.1) is 0 Å². The van der Waals surface area contributed by atoms with Gasteiger partial charge in [-0.2, -0.15) is 0 Å². The van der Waals surface area contributed by atoms with Crippen molar-refractivity contribution in [2.75, 3.05) is 7.11 Å². The molecule has 0 saturated carbocycles. The SMILES string of the molecule is COc1cncc(-c2c(Cl)c(Cl)c(Cl)c(Cl)c2Cl)c1. The molecule has 0 radical (unpaired) electrons. The molecule has 1 aromatic carbocycles. The fraction of sp³-hybridized carbons (Fsp3) is 0.0833. The van der Waals surface area contributed by atoms with E-state index in [1.54, 1.807) is 18.5 Å². The van der Waals surface area contributed by atoms with E-state index in [2.05, 4.69) is 4.98 Å². The minimum absolute atomic E-state index is 0.123. The Hall–Kier alpha value is -0.380. The molecule has 100 valence electrons. The molecule has 1 heterocycles. The summed E-state index contributed by atoms with van der Waals surface area (Å²) in [6, 6.07) is 1.72. The zero-order valence-corrected chi connectivity index (χ0v) is 13.3. The van der Waals surface area contributed by atoms with Crippen LogP contribution in [0.2, 0.25) is 25.1 Å². The average Bonchev–Trinajstić information content (AvgIpc) is 2.43. The lowest BCUT2D eigenvalue weighted by atomic mass is 10.1. The van der Waals surface area contributed by atoms with Crippen molar-refractivity contribution in [3.8, 4) is 16.9 Å². The Labute approximate surface area is 135 Å². The van der Waals surface area contributed by atoms with Crippen molar-refractivity contribution in [3.05, 3.63) is 43.6 Å². The van der Waals surface area contributed by atoms with Gasteiger partial charge in [-0.1, -0.05) is 58.0 Å². The van der Waals surface area contributed by atoms with Crippen molar-refractivity contribution >= 4 is 58.0 Å². The molecule has 19 heavy (non-hydrogen) atoms. The Kier molecular flexibility index (Phi) is 4.70. The van der Waals surface area contributed by atoms with Gasteiger partial charge in [0, 0.05) is 17.3 Å². The Morgan fingerprint density at radius 3 is 1.89 bits per heavy atom. The summed E-state index contributed by atoms with van der Waals surface area (Å²) in [5, 5.41) is 0.858. The first-order valence-electron chi connectivity index (χ1n) is 4.98. The molecule has 2 nitrogen and oxygen atoms in total. The van der Waals surface area contributed by atoms with Gasteiger partial charge in [-0.3, -0.25) is 4.98 Å². The zero-order valence-electron chi connectivity index (χ0n) is 9.48. The normalized spacial score (nSPS) is 10.6. The summed E-state index contributed by atoms with van der Waals surface area (Å²) in [5.41, 5.74) is 1.10. The van der Waals surface area contributed by atoms with Crippen LogP contribution in [0.1, 0.15) is 0 Å². The van der Waals surface area contributed by atoms with Crippen LogP contribution < -0.4 is 4.74 Å². The van der Waals surface area contributed by atoms with Crippen LogP contribution in [0.4, 0.5) is 0 Å². The second-order valence-electron chi connectivity index (χ2n) is 3.56. The van der Waals surface area contributed by atoms with E-state index in [-0.39, 0.29) is 25.1 Å². The maximum absolute atomic E-state index is 6.18. The van der Waals surface area contributed by atoms with Gasteiger partial charge in [0.2, 0.25) is 0 Å². The fourth-order valence-electron chi connectivity index (χ4n) is 1.53. The number of pyridine rings is 1. The van der Waals surface area contributed by atoms with Crippen LogP contribution >= 0.6 is 58.0 Å². The van der Waals surface area contributed by atoms with Gasteiger partial charge in [-0.25, -0.2) is 0 Å². The molecule has 0 amide bonds. The van der Waals surface area contributed by atoms with Crippen LogP contribution in [0.3, 0.4) is 0 Å². The predicted molar refractivity (Wildman–Crippen MR) is 81.3 cm³/mol. The number of methoxy groups -OCH3 is 1. The van der Waals surface area contributed by atoms with Gasteiger partial charge in [0.05, 0.1) is 38.4 Å². The summed E-state index contributed by atoms with van der Waals surface area (Å²) < 4.78 is 5.10. The van der Waals surface area contributed by atoms with Gasteiger partial charge in [0.1, 0.15) is 5.75 Å². The first-order chi connectivity index (χ1) is 8.97. The van der Waals surface area contributed by atoms with Gasteiger partial charge >= 0.3 is 0 Å². The summed E-state index contributed by atoms with van der Waals surface area (Å²) in [6.07, 6.45) is 3.14. The molecule has 0 aliphatic heterocycles. The van der Waals surface area contributed by atoms with Gasteiger partial charge in [0.25, 0.3) is 0 Å². The average molecular weight is 357 g/mol. The quantitative estimate of drug-likeness (QED) is 0.484. The maximum Gasteiger partial charge on any atom is 0.137 e. The third-order valence-electron chi connectivity index (χ3n) is 2.45. The van der Waals surface area contributed by atoms with Crippen LogP contribution in [0.5, 0.6) is 5.75 Å². The second-order valence-corrected chi connectivity index (χ2v) is 5.45. The zero-order chi connectivity index (χ0) is 14.2. The van der Waals surface area contributed by atoms with Crippen molar-refractivity contribution in [3.63, 3.8) is 0 Å². The lowest BCUT2D eigenvalue weighted by molar-refractivity contribution is 0.413. The Balaban J connectivity index is 2.75. The first-order valence-corrected chi connectivity index (χ1v) is 6.87. The van der Waals surface area contributed by atoms with E-state index in [0.717, 1.165) is 0 Å². The van der Waals surface area contributed by atoms with E-state index < -0.39 is 0 Å². The summed E-state index contributed by atoms with van der Waals surface area (Å²) in [6.45, 7) is 0. The molecule has 7 heteroatoms. The fourth-order valence-corrected chi connectivity index (χ4v) is 2.88. The summed E-state index contributed by atoms with van der Waals surface area (Å²) in [5.74, 6) is 0.562. The monoisotopic (exact) mass is 355 g/mol. The number of ether oxygens (including phenoxy) is 1. The highest BCUT2D eigenvalue weighted by atomic mass is 35.5. The number of rotatable bonds is 2. The molecular weight excluding hydrogens is 351 g/mol. The van der Waals surface area contributed by atoms with Crippen molar-refractivity contribution in [2.45, 2.75) is 0 Å². The maximum atomic E-state index is 6.18. The molecule has 1 aromatic heterocycles. The van der Waals surface area contributed by atoms with Crippen LogP contribution in [-0.2, 0) is 0 Å². The molecule has 0 fully saturated rings. The molecule has 2 aromatic rings. The number of halogens is 5. The molecule has 2 rings (SSSR count). The molecule has 0 N–H and O–H groups in total. The van der Waals surface area contributed by atoms with Crippen LogP contribution in [0.15, 0.2) is 18.5 Å². The lowest BCUT2D eigenvalue weighted by Crippen LogP contribution is -1.90. The van der Waals surface area contributed by atoms with Crippen LogP contribution in [-0.4, -0.2) is 12.1 Å². The lowest BCUT2D eigenvalue weighted by Gasteiger charge is -2.13. The number of hydrogen-bond acceptors (Lipinski definition) is 2. The molecule has 0 atom stereocenters. The molecule has 0 unspecified atom stereocenters. The van der Waals surface area contributed by atoms with E-state index in [0.29, 0.717) is 16.9 Å². The van der Waals surface area contributed by atoms with Crippen molar-refractivity contribution in [2.24, 2.45) is 0 Å². The van der Waals surface area contributed by atoms with Gasteiger partial charge in [0.15, 0.2) is 0 Å². The molecule has 0 saturated heterocycles. The summed E-state index contributed by atoms with van der Waals surface area (Å²) >= 11 is 30.3. The Bertz CT molecular complexity index is 615. The standard InChI is InChI=1S/C12H6Cl5NO/c1-19-6-2-5(3-18-4-6)7-8(13)10(15)12(17)11(16)9(7)14/h2-4H,1H3. The van der Waals surface area contributed by atoms with Gasteiger partial charge < -0.3 is 4.74 Å². The molecule has 0 aliphatic carbocycles. The van der Waals surface area contributed by atoms with E-state index in [1.807, 2.05) is 0 Å². The third kappa shape index (κ3) is 2.74. The van der Waals surface area contributed by atoms with Crippen molar-refractivity contribution in [1.29, 1.82) is 0 Å². The molecule has 0 aliphatic rings. The van der Waals surface area contributed by atoms with Crippen LogP contribution in [0.25, 0.3) is 11.1 Å². The smallest absolute Gasteiger partial charge is 0.137 e. The molecule has 0 bridgehead atoms. The summed E-state index contributed by atoms with van der Waals surface area (Å²) in [7, 11) is 1.53. The highest BCUT2D eigenvalue weighted by molar-refractivity contribution is 6.56.